The molecule has 0 fully saturated rings. The molecule has 0 radical (unpaired) electrons. The van der Waals surface area contributed by atoms with Crippen LogP contribution in [0.2, 0.25) is 10.0 Å². The maximum Gasteiger partial charge on any atom is 0.335 e. The largest absolute Gasteiger partial charge is 0.483 e. The van der Waals surface area contributed by atoms with Gasteiger partial charge in [0.2, 0.25) is 0 Å². The van der Waals surface area contributed by atoms with Crippen LogP contribution in [-0.2, 0) is 16.0 Å². The van der Waals surface area contributed by atoms with Gasteiger partial charge in [0.1, 0.15) is 5.75 Å². The third kappa shape index (κ3) is 5.87. The highest BCUT2D eigenvalue weighted by Gasteiger charge is 2.15. The molecule has 160 valence electrons. The summed E-state index contributed by atoms with van der Waals surface area (Å²) >= 11 is 12.3. The van der Waals surface area contributed by atoms with Gasteiger partial charge in [-0.3, -0.25) is 9.59 Å². The number of carbonyl (C=O) groups excluding carboxylic acids is 1. The van der Waals surface area contributed by atoms with E-state index in [0.29, 0.717) is 27.9 Å². The van der Waals surface area contributed by atoms with Crippen LogP contribution in [0, 0.1) is 0 Å². The fraction of sp³-hybridized carbons (Fsp3) is 0.136. The summed E-state index contributed by atoms with van der Waals surface area (Å²) in [4.78, 5) is 34.5. The molecule has 0 spiro atoms. The Hall–Kier alpha value is -3.29. The number of hydrogen-bond acceptors (Lipinski definition) is 4. The minimum Gasteiger partial charge on any atom is -0.483 e. The molecule has 0 bridgehead atoms. The average Bonchev–Trinajstić information content (AvgIpc) is 2.70. The van der Waals surface area contributed by atoms with Crippen molar-refractivity contribution < 1.29 is 29.3 Å². The quantitative estimate of drug-likeness (QED) is 0.440. The lowest BCUT2D eigenvalue weighted by atomic mass is 10.1. The van der Waals surface area contributed by atoms with Gasteiger partial charge in [-0.2, -0.15) is 0 Å². The first kappa shape index (κ1) is 22.4. The molecular formula is C22H17Cl2NO6. The number of benzene rings is 3. The number of carboxylic acid groups (broad SMARTS) is 2. The summed E-state index contributed by atoms with van der Waals surface area (Å²) in [6, 6.07) is 12.6. The van der Waals surface area contributed by atoms with Gasteiger partial charge >= 0.3 is 11.9 Å². The Bertz CT molecular complexity index is 1180. The van der Waals surface area contributed by atoms with Gasteiger partial charge in [-0.15, -0.1) is 0 Å². The Morgan fingerprint density at radius 2 is 1.77 bits per heavy atom. The first-order chi connectivity index (χ1) is 14.7. The molecule has 0 aromatic heterocycles. The number of aromatic carboxylic acids is 1. The highest BCUT2D eigenvalue weighted by molar-refractivity contribution is 6.39. The summed E-state index contributed by atoms with van der Waals surface area (Å²) in [5, 5.41) is 22.3. The highest BCUT2D eigenvalue weighted by atomic mass is 35.5. The number of nitrogens with one attached hydrogen (secondary N) is 1. The predicted octanol–water partition coefficient (Wildman–Crippen LogP) is 4.88. The number of anilines is 1. The average molecular weight is 462 g/mol. The minimum absolute atomic E-state index is 0.0156. The van der Waals surface area contributed by atoms with E-state index in [-0.39, 0.29) is 22.8 Å². The lowest BCUT2D eigenvalue weighted by Crippen LogP contribution is -2.20. The fourth-order valence-electron chi connectivity index (χ4n) is 3.02. The van der Waals surface area contributed by atoms with Crippen molar-refractivity contribution in [3.05, 3.63) is 69.7 Å². The molecule has 3 rings (SSSR count). The third-order valence-corrected chi connectivity index (χ3v) is 4.89. The number of carboxylic acids is 2. The van der Waals surface area contributed by atoms with Crippen LogP contribution in [-0.4, -0.2) is 34.7 Å². The van der Waals surface area contributed by atoms with Crippen LogP contribution in [0.3, 0.4) is 0 Å². The van der Waals surface area contributed by atoms with E-state index in [4.69, 9.17) is 33.0 Å². The zero-order chi connectivity index (χ0) is 22.5. The second kappa shape index (κ2) is 9.68. The highest BCUT2D eigenvalue weighted by Crippen LogP contribution is 2.36. The Balaban J connectivity index is 1.76. The number of hydrogen-bond donors (Lipinski definition) is 3. The van der Waals surface area contributed by atoms with E-state index in [1.165, 1.54) is 18.2 Å². The van der Waals surface area contributed by atoms with Gasteiger partial charge in [-0.05, 0) is 53.8 Å². The van der Waals surface area contributed by atoms with Crippen LogP contribution in [0.15, 0.2) is 48.5 Å². The predicted molar refractivity (Wildman–Crippen MR) is 117 cm³/mol. The summed E-state index contributed by atoms with van der Waals surface area (Å²) in [6.07, 6.45) is 0.322. The van der Waals surface area contributed by atoms with Crippen LogP contribution in [0.1, 0.15) is 22.3 Å². The van der Waals surface area contributed by atoms with Gasteiger partial charge in [0.05, 0.1) is 10.6 Å². The third-order valence-electron chi connectivity index (χ3n) is 4.37. The molecular weight excluding hydrogens is 445 g/mol. The smallest absolute Gasteiger partial charge is 0.335 e. The second-order valence-corrected chi connectivity index (χ2v) is 7.54. The normalized spacial score (nSPS) is 10.6. The number of aliphatic carboxylic acids is 1. The molecule has 0 aliphatic carbocycles. The lowest BCUT2D eigenvalue weighted by Gasteiger charge is -2.13. The maximum absolute atomic E-state index is 12.4. The van der Waals surface area contributed by atoms with Crippen LogP contribution in [0.25, 0.3) is 10.8 Å². The van der Waals surface area contributed by atoms with Crippen molar-refractivity contribution in [2.24, 2.45) is 0 Å². The Labute approximate surface area is 187 Å². The zero-order valence-electron chi connectivity index (χ0n) is 16.0. The van der Waals surface area contributed by atoms with Crippen molar-refractivity contribution >= 4 is 57.5 Å². The molecule has 1 amide bonds. The number of fused-ring (bicyclic) bond motifs is 1. The summed E-state index contributed by atoms with van der Waals surface area (Å²) in [5.74, 6) is -2.40. The molecule has 7 nitrogen and oxygen atoms in total. The minimum atomic E-state index is -1.16. The van der Waals surface area contributed by atoms with Crippen LogP contribution in [0.4, 0.5) is 5.69 Å². The molecule has 9 heteroatoms. The Kier molecular flexibility index (Phi) is 6.99. The number of rotatable bonds is 8. The van der Waals surface area contributed by atoms with E-state index < -0.39 is 24.5 Å². The van der Waals surface area contributed by atoms with Crippen LogP contribution >= 0.6 is 23.2 Å². The molecule has 0 atom stereocenters. The first-order valence-corrected chi connectivity index (χ1v) is 9.88. The second-order valence-electron chi connectivity index (χ2n) is 6.70. The van der Waals surface area contributed by atoms with E-state index in [1.54, 1.807) is 30.3 Å². The summed E-state index contributed by atoms with van der Waals surface area (Å²) < 4.78 is 5.59. The fourth-order valence-corrected chi connectivity index (χ4v) is 3.63. The molecule has 0 saturated heterocycles. The van der Waals surface area contributed by atoms with Gasteiger partial charge in [0, 0.05) is 22.5 Å². The Morgan fingerprint density at radius 1 is 1.00 bits per heavy atom. The molecule has 0 aliphatic rings. The van der Waals surface area contributed by atoms with Gasteiger partial charge < -0.3 is 20.3 Å². The van der Waals surface area contributed by atoms with Crippen LogP contribution in [0.5, 0.6) is 5.75 Å². The number of halogens is 2. The lowest BCUT2D eigenvalue weighted by molar-refractivity contribution is -0.137. The van der Waals surface area contributed by atoms with Crippen molar-refractivity contribution in [3.8, 4) is 5.75 Å². The molecule has 0 heterocycles. The van der Waals surface area contributed by atoms with E-state index in [0.717, 1.165) is 5.56 Å². The van der Waals surface area contributed by atoms with Crippen molar-refractivity contribution in [2.75, 3.05) is 11.9 Å². The van der Waals surface area contributed by atoms with Gasteiger partial charge in [0.25, 0.3) is 5.91 Å². The van der Waals surface area contributed by atoms with Crippen molar-refractivity contribution in [1.82, 2.24) is 0 Å². The molecule has 0 aliphatic heterocycles. The van der Waals surface area contributed by atoms with E-state index in [1.807, 2.05) is 0 Å². The van der Waals surface area contributed by atoms with Gasteiger partial charge in [0.15, 0.2) is 6.61 Å². The van der Waals surface area contributed by atoms with E-state index in [9.17, 15) is 19.5 Å². The maximum atomic E-state index is 12.4. The zero-order valence-corrected chi connectivity index (χ0v) is 17.5. The number of carbonyl (C=O) groups is 3. The standard InChI is InChI=1S/C22H17Cl2NO6/c23-15-8-13-7-14(22(29)30)9-18(21(13)17(24)10-15)31-11-19(26)25-16-3-1-2-12(6-16)4-5-20(27)28/h1-3,6-10H,4-5,11H2,(H,25,26)(H,27,28)(H,29,30). The van der Waals surface area contributed by atoms with E-state index >= 15 is 0 Å². The number of amides is 1. The Morgan fingerprint density at radius 3 is 2.48 bits per heavy atom. The molecule has 0 saturated carbocycles. The van der Waals surface area contributed by atoms with Crippen molar-refractivity contribution in [2.45, 2.75) is 12.8 Å². The number of aryl methyl sites for hydroxylation is 1. The summed E-state index contributed by atoms with van der Waals surface area (Å²) in [6.45, 7) is -0.392. The van der Waals surface area contributed by atoms with Crippen molar-refractivity contribution in [1.29, 1.82) is 0 Å². The van der Waals surface area contributed by atoms with E-state index in [2.05, 4.69) is 5.32 Å². The monoisotopic (exact) mass is 461 g/mol. The first-order valence-electron chi connectivity index (χ1n) is 9.12. The van der Waals surface area contributed by atoms with Gasteiger partial charge in [-0.1, -0.05) is 35.3 Å². The topological polar surface area (TPSA) is 113 Å². The molecule has 3 aromatic rings. The summed E-state index contributed by atoms with van der Waals surface area (Å²) in [5.41, 5.74) is 1.22. The SMILES string of the molecule is O=C(O)CCc1cccc(NC(=O)COc2cc(C(=O)O)cc3cc(Cl)cc(Cl)c23)c1. The molecule has 3 aromatic carbocycles. The molecule has 0 unspecified atom stereocenters. The molecule has 31 heavy (non-hydrogen) atoms. The van der Waals surface area contributed by atoms with Gasteiger partial charge in [-0.25, -0.2) is 4.79 Å². The molecule has 3 N–H and O–H groups in total. The number of ether oxygens (including phenoxy) is 1. The van der Waals surface area contributed by atoms with Crippen LogP contribution < -0.4 is 10.1 Å². The van der Waals surface area contributed by atoms with Crippen molar-refractivity contribution in [3.63, 3.8) is 0 Å². The summed E-state index contributed by atoms with van der Waals surface area (Å²) in [7, 11) is 0.